The summed E-state index contributed by atoms with van der Waals surface area (Å²) >= 11 is 1.16. The Labute approximate surface area is 194 Å². The lowest BCUT2D eigenvalue weighted by Crippen LogP contribution is -2.25. The van der Waals surface area contributed by atoms with Crippen LogP contribution in [0.25, 0.3) is 16.6 Å². The molecule has 7 nitrogen and oxygen atoms in total. The number of thioether (sulfide) groups is 1. The summed E-state index contributed by atoms with van der Waals surface area (Å²) in [5.74, 6) is -0.257. The SMILES string of the molecule is CC(=NNC(=O)CSc1nc2ccccc2c(=O)n1-c1ccccc1C)c1ccccc1O. The van der Waals surface area contributed by atoms with Crippen LogP contribution in [0.3, 0.4) is 0 Å². The van der Waals surface area contributed by atoms with Crippen molar-refractivity contribution in [2.45, 2.75) is 19.0 Å². The number of aromatic nitrogens is 2. The van der Waals surface area contributed by atoms with Crippen LogP contribution in [0.15, 0.2) is 87.8 Å². The third kappa shape index (κ3) is 4.80. The van der Waals surface area contributed by atoms with Gasteiger partial charge in [-0.1, -0.05) is 54.2 Å². The molecular formula is C25H22N4O3S. The fourth-order valence-electron chi connectivity index (χ4n) is 3.38. The van der Waals surface area contributed by atoms with E-state index in [-0.39, 0.29) is 23.0 Å². The molecule has 166 valence electrons. The van der Waals surface area contributed by atoms with Gasteiger partial charge in [0.15, 0.2) is 5.16 Å². The summed E-state index contributed by atoms with van der Waals surface area (Å²) in [7, 11) is 0. The Morgan fingerprint density at radius 1 is 1.06 bits per heavy atom. The minimum absolute atomic E-state index is 0.00815. The Morgan fingerprint density at radius 2 is 1.76 bits per heavy atom. The summed E-state index contributed by atoms with van der Waals surface area (Å²) in [6.07, 6.45) is 0. The molecule has 0 fully saturated rings. The van der Waals surface area contributed by atoms with Gasteiger partial charge in [0.25, 0.3) is 11.5 Å². The molecule has 0 bridgehead atoms. The van der Waals surface area contributed by atoms with Crippen LogP contribution < -0.4 is 11.0 Å². The van der Waals surface area contributed by atoms with Crippen LogP contribution in [0.2, 0.25) is 0 Å². The molecule has 0 aliphatic heterocycles. The first-order valence-corrected chi connectivity index (χ1v) is 11.3. The maximum atomic E-state index is 13.3. The van der Waals surface area contributed by atoms with Gasteiger partial charge in [0.05, 0.1) is 28.1 Å². The summed E-state index contributed by atoms with van der Waals surface area (Å²) < 4.78 is 1.55. The molecule has 4 aromatic rings. The van der Waals surface area contributed by atoms with E-state index in [1.54, 1.807) is 54.0 Å². The van der Waals surface area contributed by atoms with Crippen LogP contribution in [0.5, 0.6) is 5.75 Å². The number of aryl methyl sites for hydroxylation is 1. The average molecular weight is 459 g/mol. The number of hydrogen-bond acceptors (Lipinski definition) is 6. The number of nitrogens with zero attached hydrogens (tertiary/aromatic N) is 3. The highest BCUT2D eigenvalue weighted by Crippen LogP contribution is 2.23. The lowest BCUT2D eigenvalue weighted by atomic mass is 10.1. The number of phenolic OH excluding ortho intramolecular Hbond substituents is 1. The van der Waals surface area contributed by atoms with E-state index in [9.17, 15) is 14.7 Å². The predicted molar refractivity (Wildman–Crippen MR) is 131 cm³/mol. The number of aromatic hydroxyl groups is 1. The van der Waals surface area contributed by atoms with Gasteiger partial charge >= 0.3 is 0 Å². The van der Waals surface area contributed by atoms with Crippen LogP contribution in [-0.2, 0) is 4.79 Å². The van der Waals surface area contributed by atoms with E-state index < -0.39 is 0 Å². The molecule has 1 amide bonds. The number of fused-ring (bicyclic) bond motifs is 1. The molecule has 3 aromatic carbocycles. The largest absolute Gasteiger partial charge is 0.507 e. The maximum absolute atomic E-state index is 13.3. The Hall–Kier alpha value is -3.91. The molecule has 0 aliphatic carbocycles. The predicted octanol–water partition coefficient (Wildman–Crippen LogP) is 4.03. The quantitative estimate of drug-likeness (QED) is 0.197. The molecule has 0 saturated heterocycles. The minimum atomic E-state index is -0.353. The third-order valence-electron chi connectivity index (χ3n) is 5.08. The Kier molecular flexibility index (Phi) is 6.55. The summed E-state index contributed by atoms with van der Waals surface area (Å²) in [4.78, 5) is 30.5. The maximum Gasteiger partial charge on any atom is 0.266 e. The first-order chi connectivity index (χ1) is 16.0. The van der Waals surface area contributed by atoms with E-state index >= 15 is 0 Å². The molecule has 0 atom stereocenters. The zero-order valence-electron chi connectivity index (χ0n) is 18.1. The van der Waals surface area contributed by atoms with Crippen molar-refractivity contribution >= 4 is 34.3 Å². The van der Waals surface area contributed by atoms with E-state index in [4.69, 9.17) is 0 Å². The number of para-hydroxylation sites is 3. The minimum Gasteiger partial charge on any atom is -0.507 e. The van der Waals surface area contributed by atoms with Gasteiger partial charge in [0, 0.05) is 5.56 Å². The number of hydrazone groups is 1. The molecule has 4 rings (SSSR count). The van der Waals surface area contributed by atoms with Crippen molar-refractivity contribution < 1.29 is 9.90 Å². The summed E-state index contributed by atoms with van der Waals surface area (Å²) in [5, 5.41) is 15.0. The number of nitrogens with one attached hydrogen (secondary N) is 1. The fourth-order valence-corrected chi connectivity index (χ4v) is 4.18. The monoisotopic (exact) mass is 458 g/mol. The normalized spacial score (nSPS) is 11.5. The van der Waals surface area contributed by atoms with Gasteiger partial charge in [-0.05, 0) is 49.7 Å². The van der Waals surface area contributed by atoms with Crippen molar-refractivity contribution in [3.05, 3.63) is 94.3 Å². The molecule has 33 heavy (non-hydrogen) atoms. The number of hydrogen-bond donors (Lipinski definition) is 2. The summed E-state index contributed by atoms with van der Waals surface area (Å²) in [6.45, 7) is 3.62. The standard InChI is InChI=1S/C25H22N4O3S/c1-16-9-3-7-13-21(16)29-24(32)19-11-4-6-12-20(19)26-25(29)33-15-23(31)28-27-17(2)18-10-5-8-14-22(18)30/h3-14,30H,15H2,1-2H3,(H,28,31). The van der Waals surface area contributed by atoms with Crippen molar-refractivity contribution in [3.8, 4) is 11.4 Å². The van der Waals surface area contributed by atoms with Crippen molar-refractivity contribution in [2.24, 2.45) is 5.10 Å². The molecule has 0 saturated carbocycles. The van der Waals surface area contributed by atoms with E-state index in [2.05, 4.69) is 15.5 Å². The molecule has 1 aromatic heterocycles. The Morgan fingerprint density at radius 3 is 2.55 bits per heavy atom. The van der Waals surface area contributed by atoms with Gasteiger partial charge in [-0.25, -0.2) is 10.4 Å². The van der Waals surface area contributed by atoms with Gasteiger partial charge in [-0.2, -0.15) is 5.10 Å². The number of carbonyl (C=O) groups excluding carboxylic acids is 1. The summed E-state index contributed by atoms with van der Waals surface area (Å²) in [6, 6.07) is 21.5. The number of benzene rings is 3. The zero-order valence-corrected chi connectivity index (χ0v) is 19.0. The average Bonchev–Trinajstić information content (AvgIpc) is 2.82. The van der Waals surface area contributed by atoms with Crippen molar-refractivity contribution in [2.75, 3.05) is 5.75 Å². The zero-order chi connectivity index (χ0) is 23.4. The fraction of sp³-hybridized carbons (Fsp3) is 0.120. The van der Waals surface area contributed by atoms with E-state index in [0.717, 1.165) is 23.0 Å². The highest BCUT2D eigenvalue weighted by Gasteiger charge is 2.16. The first kappa shape index (κ1) is 22.3. The second-order valence-electron chi connectivity index (χ2n) is 7.38. The van der Waals surface area contributed by atoms with Gasteiger partial charge in [0.1, 0.15) is 5.75 Å². The first-order valence-electron chi connectivity index (χ1n) is 10.3. The van der Waals surface area contributed by atoms with E-state index in [0.29, 0.717) is 27.3 Å². The molecule has 0 aliphatic rings. The molecule has 1 heterocycles. The van der Waals surface area contributed by atoms with E-state index in [1.807, 2.05) is 37.3 Å². The highest BCUT2D eigenvalue weighted by atomic mass is 32.2. The van der Waals surface area contributed by atoms with Crippen LogP contribution in [0.4, 0.5) is 0 Å². The van der Waals surface area contributed by atoms with Crippen LogP contribution in [0, 0.1) is 6.92 Å². The third-order valence-corrected chi connectivity index (χ3v) is 6.01. The number of carbonyl (C=O) groups is 1. The molecule has 2 N–H and O–H groups in total. The Balaban J connectivity index is 1.61. The Bertz CT molecular complexity index is 1430. The number of rotatable bonds is 6. The van der Waals surface area contributed by atoms with Gasteiger partial charge in [0.2, 0.25) is 0 Å². The number of phenols is 1. The smallest absolute Gasteiger partial charge is 0.266 e. The lowest BCUT2D eigenvalue weighted by Gasteiger charge is -2.14. The molecule has 0 radical (unpaired) electrons. The van der Waals surface area contributed by atoms with Gasteiger partial charge in [-0.3, -0.25) is 14.2 Å². The van der Waals surface area contributed by atoms with Crippen LogP contribution in [-0.4, -0.2) is 32.0 Å². The second-order valence-corrected chi connectivity index (χ2v) is 8.32. The van der Waals surface area contributed by atoms with Gasteiger partial charge < -0.3 is 5.11 Å². The highest BCUT2D eigenvalue weighted by molar-refractivity contribution is 7.99. The lowest BCUT2D eigenvalue weighted by molar-refractivity contribution is -0.118. The number of amides is 1. The summed E-state index contributed by atoms with van der Waals surface area (Å²) in [5.41, 5.74) is 5.54. The molecule has 0 spiro atoms. The van der Waals surface area contributed by atoms with Crippen molar-refractivity contribution in [1.82, 2.24) is 15.0 Å². The second kappa shape index (κ2) is 9.70. The van der Waals surface area contributed by atoms with Crippen LogP contribution >= 0.6 is 11.8 Å². The molecular weight excluding hydrogens is 436 g/mol. The van der Waals surface area contributed by atoms with Gasteiger partial charge in [-0.15, -0.1) is 0 Å². The van der Waals surface area contributed by atoms with Crippen LogP contribution in [0.1, 0.15) is 18.1 Å². The molecule has 8 heteroatoms. The van der Waals surface area contributed by atoms with Crippen molar-refractivity contribution in [3.63, 3.8) is 0 Å². The molecule has 0 unspecified atom stereocenters. The van der Waals surface area contributed by atoms with Crippen molar-refractivity contribution in [1.29, 1.82) is 0 Å². The topological polar surface area (TPSA) is 96.6 Å². The van der Waals surface area contributed by atoms with E-state index in [1.165, 1.54) is 0 Å².